The van der Waals surface area contributed by atoms with Gasteiger partial charge in [-0.05, 0) is 47.6 Å². The van der Waals surface area contributed by atoms with Gasteiger partial charge in [0.2, 0.25) is 0 Å². The van der Waals surface area contributed by atoms with Gasteiger partial charge in [0, 0.05) is 27.5 Å². The predicted octanol–water partition coefficient (Wildman–Crippen LogP) is 4.94. The van der Waals surface area contributed by atoms with Crippen LogP contribution >= 0.6 is 11.3 Å². The molecule has 0 unspecified atom stereocenters. The molecule has 0 saturated carbocycles. The highest BCUT2D eigenvalue weighted by molar-refractivity contribution is 7.12. The first-order valence-corrected chi connectivity index (χ1v) is 9.66. The van der Waals surface area contributed by atoms with Crippen LogP contribution in [-0.4, -0.2) is 26.5 Å². The second-order valence-electron chi connectivity index (χ2n) is 7.95. The zero-order valence-electron chi connectivity index (χ0n) is 15.6. The molecule has 2 aliphatic rings. The number of benzene rings is 1. The van der Waals surface area contributed by atoms with Gasteiger partial charge in [0.15, 0.2) is 11.5 Å². The Bertz CT molecular complexity index is 844. The van der Waals surface area contributed by atoms with Crippen LogP contribution in [0.2, 0.25) is 0 Å². The summed E-state index contributed by atoms with van der Waals surface area (Å²) >= 11 is 1.95. The van der Waals surface area contributed by atoms with Crippen LogP contribution in [-0.2, 0) is 11.8 Å². The van der Waals surface area contributed by atoms with Gasteiger partial charge >= 0.3 is 0 Å². The molecule has 3 nitrogen and oxygen atoms in total. The number of ether oxygens (including phenoxy) is 2. The van der Waals surface area contributed by atoms with Crippen LogP contribution in [0.1, 0.15) is 59.6 Å². The molecule has 4 heteroatoms. The number of methoxy groups -OCH3 is 2. The van der Waals surface area contributed by atoms with Crippen molar-refractivity contribution < 1.29 is 9.47 Å². The minimum Gasteiger partial charge on any atom is -0.493 e. The van der Waals surface area contributed by atoms with Gasteiger partial charge in [0.25, 0.3) is 0 Å². The van der Waals surface area contributed by atoms with Gasteiger partial charge in [0.1, 0.15) is 0 Å². The molecule has 132 valence electrons. The van der Waals surface area contributed by atoms with Gasteiger partial charge in [0.05, 0.1) is 20.3 Å². The van der Waals surface area contributed by atoms with Gasteiger partial charge in [-0.3, -0.25) is 4.99 Å². The molecule has 1 aromatic carbocycles. The van der Waals surface area contributed by atoms with Gasteiger partial charge < -0.3 is 9.47 Å². The first-order valence-electron chi connectivity index (χ1n) is 8.84. The van der Waals surface area contributed by atoms with Gasteiger partial charge in [-0.15, -0.1) is 11.3 Å². The number of nitrogens with zero attached hydrogens (tertiary/aromatic N) is 1. The summed E-state index contributed by atoms with van der Waals surface area (Å²) in [4.78, 5) is 7.78. The summed E-state index contributed by atoms with van der Waals surface area (Å²) < 4.78 is 11.1. The third kappa shape index (κ3) is 2.67. The molecule has 2 heterocycles. The van der Waals surface area contributed by atoms with E-state index in [-0.39, 0.29) is 5.41 Å². The standard InChI is InChI=1S/C21H25NO2S/c1-21(2,3)18-9-13-11-22-15-7-6-12-8-16(23-4)17(24-5)10-14(12)19(15)20(13)25-18/h8-11,15,19H,6-7H2,1-5H3/t15-,19-/m0/s1. The number of fused-ring (bicyclic) bond motifs is 5. The number of aryl methyl sites for hydroxylation is 1. The predicted molar refractivity (Wildman–Crippen MR) is 104 cm³/mol. The highest BCUT2D eigenvalue weighted by Crippen LogP contribution is 2.48. The molecule has 0 fully saturated rings. The van der Waals surface area contributed by atoms with Crippen LogP contribution in [0.15, 0.2) is 23.2 Å². The quantitative estimate of drug-likeness (QED) is 0.764. The van der Waals surface area contributed by atoms with Crippen LogP contribution in [0.5, 0.6) is 11.5 Å². The monoisotopic (exact) mass is 355 g/mol. The van der Waals surface area contributed by atoms with Gasteiger partial charge in [-0.1, -0.05) is 20.8 Å². The summed E-state index contributed by atoms with van der Waals surface area (Å²) in [5, 5.41) is 0. The molecular formula is C21H25NO2S. The van der Waals surface area contributed by atoms with Crippen molar-refractivity contribution in [3.05, 3.63) is 44.6 Å². The molecule has 0 bridgehead atoms. The summed E-state index contributed by atoms with van der Waals surface area (Å²) in [5.41, 5.74) is 4.18. The third-order valence-corrected chi connectivity index (χ3v) is 6.95. The topological polar surface area (TPSA) is 30.8 Å². The van der Waals surface area contributed by atoms with E-state index in [2.05, 4.69) is 45.2 Å². The van der Waals surface area contributed by atoms with Gasteiger partial charge in [-0.2, -0.15) is 0 Å². The summed E-state index contributed by atoms with van der Waals surface area (Å²) in [5.74, 6) is 1.97. The lowest BCUT2D eigenvalue weighted by atomic mass is 9.76. The van der Waals surface area contributed by atoms with Crippen LogP contribution in [0.25, 0.3) is 0 Å². The highest BCUT2D eigenvalue weighted by Gasteiger charge is 2.37. The van der Waals surface area contributed by atoms with E-state index in [9.17, 15) is 0 Å². The minimum atomic E-state index is 0.167. The van der Waals surface area contributed by atoms with Crippen molar-refractivity contribution in [3.63, 3.8) is 0 Å². The average Bonchev–Trinajstić information content (AvgIpc) is 3.04. The Morgan fingerprint density at radius 2 is 1.80 bits per heavy atom. The van der Waals surface area contributed by atoms with Gasteiger partial charge in [-0.25, -0.2) is 0 Å². The molecular weight excluding hydrogens is 330 g/mol. The number of hydrogen-bond acceptors (Lipinski definition) is 4. The molecule has 0 N–H and O–H groups in total. The molecule has 1 aliphatic carbocycles. The molecule has 0 amide bonds. The summed E-state index contributed by atoms with van der Waals surface area (Å²) in [7, 11) is 3.41. The van der Waals surface area contributed by atoms with Crippen molar-refractivity contribution in [2.24, 2.45) is 4.99 Å². The molecule has 0 radical (unpaired) electrons. The Kier molecular flexibility index (Phi) is 3.91. The van der Waals surface area contributed by atoms with E-state index in [0.29, 0.717) is 12.0 Å². The second-order valence-corrected chi connectivity index (χ2v) is 9.03. The van der Waals surface area contributed by atoms with E-state index in [1.165, 1.54) is 26.4 Å². The maximum Gasteiger partial charge on any atom is 0.161 e. The first kappa shape index (κ1) is 16.6. The number of rotatable bonds is 2. The fourth-order valence-electron chi connectivity index (χ4n) is 3.91. The lowest BCUT2D eigenvalue weighted by Gasteiger charge is -2.34. The lowest BCUT2D eigenvalue weighted by molar-refractivity contribution is 0.352. The Labute approximate surface area is 153 Å². The molecule has 0 spiro atoms. The summed E-state index contributed by atoms with van der Waals surface area (Å²) in [6.07, 6.45) is 4.22. The maximum absolute atomic E-state index is 5.57. The van der Waals surface area contributed by atoms with E-state index in [1.54, 1.807) is 14.2 Å². The van der Waals surface area contributed by atoms with Crippen molar-refractivity contribution in [1.82, 2.24) is 0 Å². The Balaban J connectivity index is 1.87. The van der Waals surface area contributed by atoms with E-state index >= 15 is 0 Å². The van der Waals surface area contributed by atoms with Crippen molar-refractivity contribution in [2.45, 2.75) is 51.0 Å². The Morgan fingerprint density at radius 3 is 2.48 bits per heavy atom. The fraction of sp³-hybridized carbons (Fsp3) is 0.476. The van der Waals surface area contributed by atoms with Crippen molar-refractivity contribution in [1.29, 1.82) is 0 Å². The Hall–Kier alpha value is -1.81. The third-order valence-electron chi connectivity index (χ3n) is 5.29. The molecule has 1 aromatic heterocycles. The van der Waals surface area contributed by atoms with Crippen LogP contribution in [0.3, 0.4) is 0 Å². The largest absolute Gasteiger partial charge is 0.493 e. The van der Waals surface area contributed by atoms with E-state index in [1.807, 2.05) is 11.3 Å². The minimum absolute atomic E-state index is 0.167. The molecule has 25 heavy (non-hydrogen) atoms. The van der Waals surface area contributed by atoms with Crippen molar-refractivity contribution in [2.75, 3.05) is 14.2 Å². The zero-order chi connectivity index (χ0) is 17.8. The lowest BCUT2D eigenvalue weighted by Crippen LogP contribution is -2.27. The average molecular weight is 356 g/mol. The molecule has 0 saturated heterocycles. The highest BCUT2D eigenvalue weighted by atomic mass is 32.1. The fourth-order valence-corrected chi connectivity index (χ4v) is 5.28. The number of aliphatic imine (C=N–C) groups is 1. The van der Waals surface area contributed by atoms with E-state index in [4.69, 9.17) is 14.5 Å². The Morgan fingerprint density at radius 1 is 1.08 bits per heavy atom. The molecule has 2 aromatic rings. The van der Waals surface area contributed by atoms with Crippen LogP contribution < -0.4 is 9.47 Å². The number of thiophene rings is 1. The molecule has 4 rings (SSSR count). The van der Waals surface area contributed by atoms with E-state index < -0.39 is 0 Å². The van der Waals surface area contributed by atoms with Crippen LogP contribution in [0, 0.1) is 0 Å². The van der Waals surface area contributed by atoms with Crippen molar-refractivity contribution in [3.8, 4) is 11.5 Å². The zero-order valence-corrected chi connectivity index (χ0v) is 16.4. The molecule has 1 aliphatic heterocycles. The summed E-state index contributed by atoms with van der Waals surface area (Å²) in [6.45, 7) is 6.84. The van der Waals surface area contributed by atoms with E-state index in [0.717, 1.165) is 24.3 Å². The summed E-state index contributed by atoms with van der Waals surface area (Å²) in [6, 6.07) is 6.99. The number of hydrogen-bond donors (Lipinski definition) is 0. The van der Waals surface area contributed by atoms with Crippen molar-refractivity contribution >= 4 is 17.6 Å². The molecule has 2 atom stereocenters. The smallest absolute Gasteiger partial charge is 0.161 e. The second kappa shape index (κ2) is 5.87. The maximum atomic E-state index is 5.57. The SMILES string of the molecule is COc1cc2c(cc1OC)[C@@H]1c3sc(C(C)(C)C)cc3C=N[C@H]1CC2. The van der Waals surface area contributed by atoms with Crippen LogP contribution in [0.4, 0.5) is 0 Å². The normalized spacial score (nSPS) is 21.3. The first-order chi connectivity index (χ1) is 11.9.